The molecule has 1 aromatic carbocycles. The van der Waals surface area contributed by atoms with E-state index in [4.69, 9.17) is 11.6 Å². The fraction of sp³-hybridized carbons (Fsp3) is 0. The van der Waals surface area contributed by atoms with Gasteiger partial charge in [0.25, 0.3) is 11.8 Å². The summed E-state index contributed by atoms with van der Waals surface area (Å²) in [5, 5.41) is -0.530. The summed E-state index contributed by atoms with van der Waals surface area (Å²) in [4.78, 5) is 53.3. The lowest BCUT2D eigenvalue weighted by Gasteiger charge is -2.11. The highest BCUT2D eigenvalue weighted by Crippen LogP contribution is 2.31. The number of halogens is 2. The van der Waals surface area contributed by atoms with Crippen LogP contribution in [-0.2, 0) is 24.0 Å². The second-order valence-electron chi connectivity index (χ2n) is 4.54. The normalized spacial score (nSPS) is 14.3. The Morgan fingerprint density at radius 3 is 2.70 bits per heavy atom. The Hall–Kier alpha value is -2.45. The molecular formula is C14H6BrClN2O5. The quantitative estimate of drug-likeness (QED) is 0.485. The number of carbonyl (C=O) groups excluding carboxylic acids is 4. The summed E-state index contributed by atoms with van der Waals surface area (Å²) < 4.78 is 0.791. The Kier molecular flexibility index (Phi) is 3.78. The van der Waals surface area contributed by atoms with Gasteiger partial charge in [0.05, 0.1) is 5.57 Å². The fourth-order valence-electron chi connectivity index (χ4n) is 2.17. The van der Waals surface area contributed by atoms with E-state index >= 15 is 0 Å². The molecule has 0 aliphatic carbocycles. The highest BCUT2D eigenvalue weighted by Gasteiger charge is 2.37. The molecule has 0 atom stereocenters. The zero-order chi connectivity index (χ0) is 16.7. The predicted octanol–water partition coefficient (Wildman–Crippen LogP) is 1.91. The Balaban J connectivity index is 1.97. The molecule has 3 rings (SSSR count). The summed E-state index contributed by atoms with van der Waals surface area (Å²) >= 11 is 8.27. The molecule has 0 saturated carbocycles. The van der Waals surface area contributed by atoms with E-state index in [0.29, 0.717) is 10.9 Å². The number of hydrogen-bond acceptors (Lipinski definition) is 5. The number of rotatable bonds is 3. The smallest absolute Gasteiger partial charge is 0.361 e. The van der Waals surface area contributed by atoms with Gasteiger partial charge in [0.2, 0.25) is 0 Å². The highest BCUT2D eigenvalue weighted by molar-refractivity contribution is 9.10. The van der Waals surface area contributed by atoms with Crippen molar-refractivity contribution < 1.29 is 24.0 Å². The van der Waals surface area contributed by atoms with Crippen molar-refractivity contribution in [2.24, 2.45) is 0 Å². The summed E-state index contributed by atoms with van der Waals surface area (Å²) in [6.45, 7) is 0. The Morgan fingerprint density at radius 2 is 2.00 bits per heavy atom. The zero-order valence-corrected chi connectivity index (χ0v) is 13.5. The van der Waals surface area contributed by atoms with Gasteiger partial charge in [0.15, 0.2) is 0 Å². The van der Waals surface area contributed by atoms with E-state index < -0.39 is 23.0 Å². The van der Waals surface area contributed by atoms with Crippen molar-refractivity contribution in [3.63, 3.8) is 0 Å². The molecule has 2 aromatic rings. The first-order valence-electron chi connectivity index (χ1n) is 6.17. The second kappa shape index (κ2) is 5.64. The molecule has 2 amide bonds. The average Bonchev–Trinajstić information content (AvgIpc) is 3.02. The van der Waals surface area contributed by atoms with Crippen molar-refractivity contribution in [1.82, 2.24) is 10.0 Å². The second-order valence-corrected chi connectivity index (χ2v) is 5.80. The van der Waals surface area contributed by atoms with Crippen LogP contribution < -0.4 is 0 Å². The van der Waals surface area contributed by atoms with E-state index in [0.717, 1.165) is 16.1 Å². The molecule has 1 aliphatic rings. The van der Waals surface area contributed by atoms with Gasteiger partial charge in [-0.15, -0.1) is 0 Å². The maximum absolute atomic E-state index is 12.3. The van der Waals surface area contributed by atoms with Crippen LogP contribution in [0.4, 0.5) is 0 Å². The van der Waals surface area contributed by atoms with E-state index in [1.807, 2.05) is 6.07 Å². The summed E-state index contributed by atoms with van der Waals surface area (Å²) in [6.07, 6.45) is 2.59. The van der Waals surface area contributed by atoms with E-state index in [-0.39, 0.29) is 10.6 Å². The van der Waals surface area contributed by atoms with Crippen LogP contribution in [0.5, 0.6) is 0 Å². The molecule has 7 nitrogen and oxygen atoms in total. The number of benzene rings is 1. The third-order valence-corrected chi connectivity index (χ3v) is 3.80. The standard InChI is InChI=1S/C14H6BrClN2O5/c15-6-1-2-10-7(3-6)9(5-17-10)8-4-11(19)18(13(8)21)23-14(22)12(16)20/h1-5,17H. The van der Waals surface area contributed by atoms with Gasteiger partial charge in [0.1, 0.15) is 0 Å². The van der Waals surface area contributed by atoms with Gasteiger partial charge in [-0.2, -0.15) is 0 Å². The van der Waals surface area contributed by atoms with Crippen LogP contribution in [0.2, 0.25) is 0 Å². The van der Waals surface area contributed by atoms with E-state index in [1.54, 1.807) is 18.3 Å². The highest BCUT2D eigenvalue weighted by atomic mass is 79.9. The van der Waals surface area contributed by atoms with Crippen LogP contribution >= 0.6 is 27.5 Å². The molecule has 9 heteroatoms. The number of amides is 2. The van der Waals surface area contributed by atoms with Crippen molar-refractivity contribution in [3.8, 4) is 0 Å². The number of aromatic nitrogens is 1. The van der Waals surface area contributed by atoms with Crippen LogP contribution in [0.3, 0.4) is 0 Å². The van der Waals surface area contributed by atoms with Gasteiger partial charge in [-0.3, -0.25) is 14.4 Å². The molecule has 0 fully saturated rings. The molecule has 0 radical (unpaired) electrons. The van der Waals surface area contributed by atoms with Crippen molar-refractivity contribution in [1.29, 1.82) is 0 Å². The number of aromatic amines is 1. The Morgan fingerprint density at radius 1 is 1.26 bits per heavy atom. The summed E-state index contributed by atoms with van der Waals surface area (Å²) in [5.41, 5.74) is 1.26. The summed E-state index contributed by atoms with van der Waals surface area (Å²) in [6, 6.07) is 5.39. The number of hydroxylamine groups is 2. The lowest BCUT2D eigenvalue weighted by molar-refractivity contribution is -0.194. The molecule has 116 valence electrons. The van der Waals surface area contributed by atoms with E-state index in [1.165, 1.54) is 0 Å². The Bertz CT molecular complexity index is 917. The molecule has 1 aromatic heterocycles. The summed E-state index contributed by atoms with van der Waals surface area (Å²) in [5.74, 6) is -3.24. The number of H-pyrrole nitrogens is 1. The van der Waals surface area contributed by atoms with Crippen LogP contribution in [0, 0.1) is 0 Å². The van der Waals surface area contributed by atoms with Crippen molar-refractivity contribution in [2.45, 2.75) is 0 Å². The maximum Gasteiger partial charge on any atom is 0.416 e. The number of fused-ring (bicyclic) bond motifs is 1. The van der Waals surface area contributed by atoms with Gasteiger partial charge in [0, 0.05) is 33.2 Å². The average molecular weight is 398 g/mol. The Labute approximate surface area is 141 Å². The topological polar surface area (TPSA) is 96.5 Å². The first kappa shape index (κ1) is 15.4. The number of nitrogens with one attached hydrogen (secondary N) is 1. The SMILES string of the molecule is O=C(Cl)C(=O)ON1C(=O)C=C(c2c[nH]c3ccc(Br)cc23)C1=O. The van der Waals surface area contributed by atoms with Crippen LogP contribution in [0.25, 0.3) is 16.5 Å². The molecule has 2 heterocycles. The first-order valence-corrected chi connectivity index (χ1v) is 7.34. The molecule has 0 bridgehead atoms. The molecular weight excluding hydrogens is 392 g/mol. The van der Waals surface area contributed by atoms with Crippen LogP contribution in [-0.4, -0.2) is 33.1 Å². The van der Waals surface area contributed by atoms with Gasteiger partial charge < -0.3 is 9.82 Å². The summed E-state index contributed by atoms with van der Waals surface area (Å²) in [7, 11) is 0. The van der Waals surface area contributed by atoms with Crippen LogP contribution in [0.1, 0.15) is 5.56 Å². The van der Waals surface area contributed by atoms with Crippen molar-refractivity contribution >= 4 is 67.0 Å². The monoisotopic (exact) mass is 396 g/mol. The lowest BCUT2D eigenvalue weighted by Crippen LogP contribution is -2.35. The third-order valence-electron chi connectivity index (χ3n) is 3.15. The zero-order valence-electron chi connectivity index (χ0n) is 11.1. The van der Waals surface area contributed by atoms with E-state index in [2.05, 4.69) is 25.8 Å². The fourth-order valence-corrected chi connectivity index (χ4v) is 2.56. The molecule has 0 unspecified atom stereocenters. The molecule has 1 aliphatic heterocycles. The van der Waals surface area contributed by atoms with Gasteiger partial charge >= 0.3 is 11.2 Å². The number of imide groups is 1. The first-order chi connectivity index (χ1) is 10.9. The molecule has 23 heavy (non-hydrogen) atoms. The number of hydrogen-bond donors (Lipinski definition) is 1. The minimum Gasteiger partial charge on any atom is -0.361 e. The van der Waals surface area contributed by atoms with Gasteiger partial charge in [-0.25, -0.2) is 4.79 Å². The van der Waals surface area contributed by atoms with Crippen LogP contribution in [0.15, 0.2) is 34.9 Å². The predicted molar refractivity (Wildman–Crippen MR) is 82.8 cm³/mol. The largest absolute Gasteiger partial charge is 0.416 e. The molecule has 0 saturated heterocycles. The van der Waals surface area contributed by atoms with E-state index in [9.17, 15) is 19.2 Å². The van der Waals surface area contributed by atoms with Crippen molar-refractivity contribution in [3.05, 3.63) is 40.5 Å². The molecule has 1 N–H and O–H groups in total. The minimum absolute atomic E-state index is 0.0363. The van der Waals surface area contributed by atoms with Gasteiger partial charge in [-0.05, 0) is 29.8 Å². The minimum atomic E-state index is -1.51. The van der Waals surface area contributed by atoms with Gasteiger partial charge in [-0.1, -0.05) is 21.0 Å². The third kappa shape index (κ3) is 2.66. The number of carbonyl (C=O) groups is 4. The van der Waals surface area contributed by atoms with Crippen molar-refractivity contribution in [2.75, 3.05) is 0 Å². The maximum atomic E-state index is 12.3. The number of nitrogens with zero attached hydrogens (tertiary/aromatic N) is 1. The lowest BCUT2D eigenvalue weighted by atomic mass is 10.1. The molecule has 0 spiro atoms.